The Hall–Kier alpha value is -2.48. The highest BCUT2D eigenvalue weighted by Crippen LogP contribution is 2.26. The van der Waals surface area contributed by atoms with Crippen molar-refractivity contribution in [3.8, 4) is 0 Å². The minimum Gasteiger partial charge on any atom is -0.452 e. The molecule has 1 unspecified atom stereocenters. The molecule has 31 heavy (non-hydrogen) atoms. The predicted molar refractivity (Wildman–Crippen MR) is 120 cm³/mol. The van der Waals surface area contributed by atoms with E-state index >= 15 is 0 Å². The van der Waals surface area contributed by atoms with Gasteiger partial charge in [-0.1, -0.05) is 38.5 Å². The first-order valence-corrected chi connectivity index (χ1v) is 12.7. The number of para-hydroxylation sites is 1. The molecule has 1 aromatic heterocycles. The van der Waals surface area contributed by atoms with Gasteiger partial charge < -0.3 is 9.64 Å². The number of esters is 1. The van der Waals surface area contributed by atoms with Crippen molar-refractivity contribution in [1.82, 2.24) is 9.88 Å². The van der Waals surface area contributed by atoms with Crippen molar-refractivity contribution in [2.75, 3.05) is 24.7 Å². The fourth-order valence-corrected chi connectivity index (χ4v) is 6.03. The monoisotopic (exact) mass is 446 g/mol. The second-order valence-corrected chi connectivity index (χ2v) is 10.1. The maximum absolute atomic E-state index is 13.1. The summed E-state index contributed by atoms with van der Waals surface area (Å²) >= 11 is 0. The highest BCUT2D eigenvalue weighted by atomic mass is 32.2. The van der Waals surface area contributed by atoms with Gasteiger partial charge in [0, 0.05) is 23.7 Å². The average Bonchev–Trinajstić information content (AvgIpc) is 3.11. The van der Waals surface area contributed by atoms with Crippen molar-refractivity contribution in [2.24, 2.45) is 0 Å². The molecule has 3 rings (SSSR count). The van der Waals surface area contributed by atoms with Gasteiger partial charge in [0.1, 0.15) is 0 Å². The number of amides is 1. The number of carbonyl (C=O) groups excluding carboxylic acids is 2. The van der Waals surface area contributed by atoms with Crippen molar-refractivity contribution < 1.29 is 22.7 Å². The molecule has 1 saturated heterocycles. The predicted octanol–water partition coefficient (Wildman–Crippen LogP) is 2.94. The van der Waals surface area contributed by atoms with Crippen LogP contribution in [0.1, 0.15) is 55.2 Å². The van der Waals surface area contributed by atoms with Crippen molar-refractivity contribution >= 4 is 32.6 Å². The summed E-state index contributed by atoms with van der Waals surface area (Å²) in [6, 6.07) is 7.09. The van der Waals surface area contributed by atoms with E-state index in [1.165, 1.54) is 4.90 Å². The van der Waals surface area contributed by atoms with Crippen LogP contribution in [0.4, 0.5) is 0 Å². The van der Waals surface area contributed by atoms with Crippen LogP contribution in [0.25, 0.3) is 10.9 Å². The maximum atomic E-state index is 13.1. The standard InChI is InChI=1S/C23H30N2O5S/c1-4-9-19-17(5-2)22(18-10-7-8-11-20(18)24-19)23(27)30-14-21(26)25(6-3)16-12-13-31(28,29)15-16/h7-8,10-11,16H,4-6,9,12-15H2,1-3H3. The van der Waals surface area contributed by atoms with Crippen LogP contribution in [0.5, 0.6) is 0 Å². The van der Waals surface area contributed by atoms with E-state index in [1.807, 2.05) is 31.2 Å². The van der Waals surface area contributed by atoms with Crippen LogP contribution < -0.4 is 0 Å². The Morgan fingerprint density at radius 1 is 1.19 bits per heavy atom. The van der Waals surface area contributed by atoms with Crippen LogP contribution in [0, 0.1) is 0 Å². The minimum absolute atomic E-state index is 0.0319. The van der Waals surface area contributed by atoms with E-state index in [0.29, 0.717) is 30.3 Å². The lowest BCUT2D eigenvalue weighted by molar-refractivity contribution is -0.136. The van der Waals surface area contributed by atoms with E-state index in [9.17, 15) is 18.0 Å². The van der Waals surface area contributed by atoms with E-state index in [1.54, 1.807) is 6.92 Å². The number of pyridine rings is 1. The molecule has 1 aliphatic heterocycles. The number of aromatic nitrogens is 1. The number of rotatable bonds is 8. The Balaban J connectivity index is 1.83. The molecule has 2 aromatic rings. The summed E-state index contributed by atoms with van der Waals surface area (Å²) in [5.41, 5.74) is 2.93. The number of ether oxygens (including phenoxy) is 1. The van der Waals surface area contributed by atoms with Gasteiger partial charge in [-0.3, -0.25) is 9.78 Å². The molecule has 1 aromatic carbocycles. The van der Waals surface area contributed by atoms with E-state index in [-0.39, 0.29) is 23.5 Å². The minimum atomic E-state index is -3.11. The molecule has 1 aliphatic rings. The summed E-state index contributed by atoms with van der Waals surface area (Å²) in [5, 5.41) is 0.714. The fourth-order valence-electron chi connectivity index (χ4n) is 4.30. The number of benzene rings is 1. The molecule has 0 aliphatic carbocycles. The zero-order valence-corrected chi connectivity index (χ0v) is 19.2. The second-order valence-electron chi connectivity index (χ2n) is 7.85. The van der Waals surface area contributed by atoms with Gasteiger partial charge in [-0.15, -0.1) is 0 Å². The van der Waals surface area contributed by atoms with Crippen molar-refractivity contribution in [1.29, 1.82) is 0 Å². The number of aryl methyl sites for hydroxylation is 1. The van der Waals surface area contributed by atoms with Gasteiger partial charge in [-0.05, 0) is 37.8 Å². The first kappa shape index (κ1) is 23.2. The van der Waals surface area contributed by atoms with Crippen molar-refractivity contribution in [3.05, 3.63) is 41.1 Å². The quantitative estimate of drug-likeness (QED) is 0.579. The lowest BCUT2D eigenvalue weighted by Crippen LogP contribution is -2.43. The van der Waals surface area contributed by atoms with E-state index < -0.39 is 22.4 Å². The number of carbonyl (C=O) groups is 2. The Morgan fingerprint density at radius 2 is 1.94 bits per heavy atom. The highest BCUT2D eigenvalue weighted by Gasteiger charge is 2.34. The third-order valence-corrected chi connectivity index (χ3v) is 7.51. The molecule has 0 bridgehead atoms. The summed E-state index contributed by atoms with van der Waals surface area (Å²) in [6.07, 6.45) is 2.71. The smallest absolute Gasteiger partial charge is 0.339 e. The zero-order valence-electron chi connectivity index (χ0n) is 18.4. The summed E-state index contributed by atoms with van der Waals surface area (Å²) < 4.78 is 29.0. The third kappa shape index (κ3) is 5.06. The second kappa shape index (κ2) is 9.77. The Labute approximate surface area is 183 Å². The molecular weight excluding hydrogens is 416 g/mol. The fraction of sp³-hybridized carbons (Fsp3) is 0.522. The van der Waals surface area contributed by atoms with Crippen molar-refractivity contribution in [2.45, 2.75) is 52.5 Å². The van der Waals surface area contributed by atoms with Gasteiger partial charge in [0.05, 0.1) is 22.6 Å². The third-order valence-electron chi connectivity index (χ3n) is 5.76. The molecule has 0 N–H and O–H groups in total. The largest absolute Gasteiger partial charge is 0.452 e. The summed E-state index contributed by atoms with van der Waals surface area (Å²) in [6.45, 7) is 5.80. The first-order valence-electron chi connectivity index (χ1n) is 10.9. The van der Waals surface area contributed by atoms with Crippen LogP contribution in [0.15, 0.2) is 24.3 Å². The van der Waals surface area contributed by atoms with Gasteiger partial charge in [0.25, 0.3) is 5.91 Å². The lowest BCUT2D eigenvalue weighted by atomic mass is 9.96. The molecule has 168 valence electrons. The molecule has 0 radical (unpaired) electrons. The van der Waals surface area contributed by atoms with E-state index in [2.05, 4.69) is 6.92 Å². The van der Waals surface area contributed by atoms with Crippen LogP contribution in [0.3, 0.4) is 0 Å². The number of nitrogens with zero attached hydrogens (tertiary/aromatic N) is 2. The maximum Gasteiger partial charge on any atom is 0.339 e. The normalized spacial score (nSPS) is 17.6. The molecule has 1 atom stereocenters. The van der Waals surface area contributed by atoms with Crippen LogP contribution in [-0.4, -0.2) is 60.9 Å². The number of likely N-dealkylation sites (N-methyl/N-ethyl adjacent to an activating group) is 1. The summed E-state index contributed by atoms with van der Waals surface area (Å²) in [7, 11) is -3.11. The Kier molecular flexibility index (Phi) is 7.30. The Bertz CT molecular complexity index is 1080. The number of fused-ring (bicyclic) bond motifs is 1. The lowest BCUT2D eigenvalue weighted by Gasteiger charge is -2.26. The van der Waals surface area contributed by atoms with Crippen LogP contribution in [-0.2, 0) is 32.2 Å². The molecule has 1 fully saturated rings. The SMILES string of the molecule is CCCc1nc2ccccc2c(C(=O)OCC(=O)N(CC)C2CCS(=O)(=O)C2)c1CC. The molecule has 1 amide bonds. The zero-order chi connectivity index (χ0) is 22.6. The number of sulfone groups is 1. The molecule has 0 spiro atoms. The van der Waals surface area contributed by atoms with Gasteiger partial charge >= 0.3 is 5.97 Å². The van der Waals surface area contributed by atoms with Crippen LogP contribution >= 0.6 is 0 Å². The first-order chi connectivity index (χ1) is 14.8. The van der Waals surface area contributed by atoms with Gasteiger partial charge in [0.15, 0.2) is 16.4 Å². The van der Waals surface area contributed by atoms with Gasteiger partial charge in [-0.25, -0.2) is 13.2 Å². The molecule has 8 heteroatoms. The van der Waals surface area contributed by atoms with E-state index in [4.69, 9.17) is 9.72 Å². The molecule has 7 nitrogen and oxygen atoms in total. The van der Waals surface area contributed by atoms with Crippen molar-refractivity contribution in [3.63, 3.8) is 0 Å². The topological polar surface area (TPSA) is 93.6 Å². The molecule has 2 heterocycles. The molecular formula is C23H30N2O5S. The van der Waals surface area contributed by atoms with Crippen LogP contribution in [0.2, 0.25) is 0 Å². The van der Waals surface area contributed by atoms with E-state index in [0.717, 1.165) is 29.6 Å². The summed E-state index contributed by atoms with van der Waals surface area (Å²) in [5.74, 6) is -0.861. The number of hydrogen-bond donors (Lipinski definition) is 0. The average molecular weight is 447 g/mol. The molecule has 0 saturated carbocycles. The van der Waals surface area contributed by atoms with Gasteiger partial charge in [-0.2, -0.15) is 0 Å². The Morgan fingerprint density at radius 3 is 2.55 bits per heavy atom. The number of hydrogen-bond acceptors (Lipinski definition) is 6. The highest BCUT2D eigenvalue weighted by molar-refractivity contribution is 7.91. The summed E-state index contributed by atoms with van der Waals surface area (Å²) in [4.78, 5) is 32.1. The van der Waals surface area contributed by atoms with Gasteiger partial charge in [0.2, 0.25) is 0 Å².